The molecule has 0 atom stereocenters. The molecule has 0 aliphatic carbocycles. The van der Waals surface area contributed by atoms with E-state index >= 15 is 0 Å². The lowest BCUT2D eigenvalue weighted by Crippen LogP contribution is -2.36. The SMILES string of the molecule is C=CCN(CC=C)C(=O)c1ccc(F)c(S(=O)(=O)N2CCCCC2)c1. The summed E-state index contributed by atoms with van der Waals surface area (Å²) in [5.74, 6) is -1.24. The Balaban J connectivity index is 2.37. The summed E-state index contributed by atoms with van der Waals surface area (Å²) in [5, 5.41) is 0. The van der Waals surface area contributed by atoms with E-state index in [1.54, 1.807) is 12.2 Å². The van der Waals surface area contributed by atoms with E-state index in [1.165, 1.54) is 15.3 Å². The van der Waals surface area contributed by atoms with Crippen LogP contribution in [0.15, 0.2) is 48.4 Å². The van der Waals surface area contributed by atoms with Gasteiger partial charge in [0.1, 0.15) is 10.7 Å². The molecule has 0 spiro atoms. The summed E-state index contributed by atoms with van der Waals surface area (Å²) < 4.78 is 41.0. The number of sulfonamides is 1. The van der Waals surface area contributed by atoms with Crippen molar-refractivity contribution < 1.29 is 17.6 Å². The smallest absolute Gasteiger partial charge is 0.254 e. The van der Waals surface area contributed by atoms with Crippen molar-refractivity contribution in [3.05, 3.63) is 54.9 Å². The number of carbonyl (C=O) groups is 1. The summed E-state index contributed by atoms with van der Waals surface area (Å²) in [6, 6.07) is 3.46. The van der Waals surface area contributed by atoms with Crippen LogP contribution in [-0.4, -0.2) is 49.7 Å². The molecule has 136 valence electrons. The molecule has 0 bridgehead atoms. The van der Waals surface area contributed by atoms with Crippen molar-refractivity contribution >= 4 is 15.9 Å². The lowest BCUT2D eigenvalue weighted by molar-refractivity contribution is 0.0790. The molecule has 1 saturated heterocycles. The Morgan fingerprint density at radius 2 is 1.76 bits per heavy atom. The third-order valence-corrected chi connectivity index (χ3v) is 6.01. The van der Waals surface area contributed by atoms with E-state index in [0.29, 0.717) is 13.1 Å². The molecule has 5 nitrogen and oxygen atoms in total. The Morgan fingerprint density at radius 3 is 2.32 bits per heavy atom. The maximum Gasteiger partial charge on any atom is 0.254 e. The molecule has 1 aromatic rings. The number of amides is 1. The van der Waals surface area contributed by atoms with E-state index in [9.17, 15) is 17.6 Å². The molecule has 1 aromatic carbocycles. The number of hydrogen-bond acceptors (Lipinski definition) is 3. The lowest BCUT2D eigenvalue weighted by Gasteiger charge is -2.26. The quantitative estimate of drug-likeness (QED) is 0.697. The molecule has 0 aromatic heterocycles. The third-order valence-electron chi connectivity index (χ3n) is 4.10. The van der Waals surface area contributed by atoms with E-state index < -0.39 is 26.6 Å². The Bertz CT molecular complexity index is 746. The van der Waals surface area contributed by atoms with Gasteiger partial charge in [0.2, 0.25) is 10.0 Å². The third kappa shape index (κ3) is 4.35. The van der Waals surface area contributed by atoms with E-state index in [1.807, 2.05) is 0 Å². The summed E-state index contributed by atoms with van der Waals surface area (Å²) in [5.41, 5.74) is 0.126. The number of carbonyl (C=O) groups excluding carboxylic acids is 1. The van der Waals surface area contributed by atoms with E-state index in [2.05, 4.69) is 13.2 Å². The Hall–Kier alpha value is -1.99. The second kappa shape index (κ2) is 8.40. The van der Waals surface area contributed by atoms with Gasteiger partial charge in [0.15, 0.2) is 0 Å². The number of rotatable bonds is 7. The molecule has 2 rings (SSSR count). The van der Waals surface area contributed by atoms with Crippen LogP contribution in [0.5, 0.6) is 0 Å². The van der Waals surface area contributed by atoms with Gasteiger partial charge in [-0.3, -0.25) is 4.79 Å². The van der Waals surface area contributed by atoms with Crippen molar-refractivity contribution in [2.75, 3.05) is 26.2 Å². The van der Waals surface area contributed by atoms with Crippen LogP contribution >= 0.6 is 0 Å². The maximum absolute atomic E-state index is 14.2. The molecule has 0 unspecified atom stereocenters. The monoisotopic (exact) mass is 366 g/mol. The molecular weight excluding hydrogens is 343 g/mol. The normalized spacial score (nSPS) is 15.6. The van der Waals surface area contributed by atoms with Gasteiger partial charge in [0, 0.05) is 31.7 Å². The van der Waals surface area contributed by atoms with Crippen LogP contribution < -0.4 is 0 Å². The van der Waals surface area contributed by atoms with Crippen LogP contribution in [-0.2, 0) is 10.0 Å². The van der Waals surface area contributed by atoms with Crippen molar-refractivity contribution in [2.45, 2.75) is 24.2 Å². The van der Waals surface area contributed by atoms with Crippen LogP contribution in [0.3, 0.4) is 0 Å². The molecule has 7 heteroatoms. The summed E-state index contributed by atoms with van der Waals surface area (Å²) in [6.45, 7) is 8.52. The zero-order chi connectivity index (χ0) is 18.4. The van der Waals surface area contributed by atoms with Crippen molar-refractivity contribution in [3.63, 3.8) is 0 Å². The topological polar surface area (TPSA) is 57.7 Å². The van der Waals surface area contributed by atoms with Gasteiger partial charge in [-0.25, -0.2) is 12.8 Å². The van der Waals surface area contributed by atoms with Gasteiger partial charge in [0.25, 0.3) is 5.91 Å². The largest absolute Gasteiger partial charge is 0.331 e. The number of nitrogens with zero attached hydrogens (tertiary/aromatic N) is 2. The van der Waals surface area contributed by atoms with E-state index in [4.69, 9.17) is 0 Å². The number of halogens is 1. The van der Waals surface area contributed by atoms with Crippen LogP contribution in [0.1, 0.15) is 29.6 Å². The average molecular weight is 366 g/mol. The van der Waals surface area contributed by atoms with Gasteiger partial charge < -0.3 is 4.90 Å². The summed E-state index contributed by atoms with van der Waals surface area (Å²) in [6.07, 6.45) is 5.61. The fourth-order valence-electron chi connectivity index (χ4n) is 2.81. The van der Waals surface area contributed by atoms with Crippen molar-refractivity contribution in [2.24, 2.45) is 0 Å². The zero-order valence-electron chi connectivity index (χ0n) is 14.2. The second-order valence-corrected chi connectivity index (χ2v) is 7.80. The number of hydrogen-bond donors (Lipinski definition) is 0. The van der Waals surface area contributed by atoms with Crippen LogP contribution in [0.25, 0.3) is 0 Å². The first-order valence-corrected chi connectivity index (χ1v) is 9.66. The molecule has 1 amide bonds. The van der Waals surface area contributed by atoms with E-state index in [-0.39, 0.29) is 18.7 Å². The highest BCUT2D eigenvalue weighted by Crippen LogP contribution is 2.24. The predicted molar refractivity (Wildman–Crippen MR) is 95.3 cm³/mol. The maximum atomic E-state index is 14.2. The summed E-state index contributed by atoms with van der Waals surface area (Å²) >= 11 is 0. The van der Waals surface area contributed by atoms with Crippen LogP contribution in [0.4, 0.5) is 4.39 Å². The minimum absolute atomic E-state index is 0.126. The second-order valence-electron chi connectivity index (χ2n) is 5.90. The number of piperidine rings is 1. The van der Waals surface area contributed by atoms with Gasteiger partial charge in [-0.2, -0.15) is 4.31 Å². The number of benzene rings is 1. The van der Waals surface area contributed by atoms with Crippen molar-refractivity contribution in [3.8, 4) is 0 Å². The zero-order valence-corrected chi connectivity index (χ0v) is 15.0. The Kier molecular flexibility index (Phi) is 6.50. The van der Waals surface area contributed by atoms with Crippen molar-refractivity contribution in [1.82, 2.24) is 9.21 Å². The molecule has 0 saturated carbocycles. The molecule has 0 radical (unpaired) electrons. The average Bonchev–Trinajstić information content (AvgIpc) is 2.62. The molecule has 0 N–H and O–H groups in total. The minimum atomic E-state index is -3.95. The standard InChI is InChI=1S/C18H23FN2O3S/c1-3-10-20(11-4-2)18(22)15-8-9-16(19)17(14-15)25(23,24)21-12-6-5-7-13-21/h3-4,8-9,14H,1-2,5-7,10-13H2. The first-order chi connectivity index (χ1) is 11.9. The lowest BCUT2D eigenvalue weighted by atomic mass is 10.2. The van der Waals surface area contributed by atoms with Crippen LogP contribution in [0, 0.1) is 5.82 Å². The molecular formula is C18H23FN2O3S. The highest BCUT2D eigenvalue weighted by Gasteiger charge is 2.29. The first-order valence-electron chi connectivity index (χ1n) is 8.22. The Morgan fingerprint density at radius 1 is 1.16 bits per heavy atom. The molecule has 1 aliphatic rings. The highest BCUT2D eigenvalue weighted by molar-refractivity contribution is 7.89. The molecule has 1 fully saturated rings. The fraction of sp³-hybridized carbons (Fsp3) is 0.389. The molecule has 1 heterocycles. The van der Waals surface area contributed by atoms with Gasteiger partial charge >= 0.3 is 0 Å². The van der Waals surface area contributed by atoms with Gasteiger partial charge in [-0.15, -0.1) is 13.2 Å². The summed E-state index contributed by atoms with van der Waals surface area (Å²) in [7, 11) is -3.95. The van der Waals surface area contributed by atoms with Crippen LogP contribution in [0.2, 0.25) is 0 Å². The predicted octanol–water partition coefficient (Wildman–Crippen LogP) is 2.81. The van der Waals surface area contributed by atoms with E-state index in [0.717, 1.165) is 31.4 Å². The van der Waals surface area contributed by atoms with Gasteiger partial charge in [-0.05, 0) is 31.0 Å². The van der Waals surface area contributed by atoms with Gasteiger partial charge in [0.05, 0.1) is 0 Å². The van der Waals surface area contributed by atoms with Gasteiger partial charge in [-0.1, -0.05) is 18.6 Å². The van der Waals surface area contributed by atoms with Crippen molar-refractivity contribution in [1.29, 1.82) is 0 Å². The minimum Gasteiger partial charge on any atom is -0.331 e. The Labute approximate surface area is 148 Å². The highest BCUT2D eigenvalue weighted by atomic mass is 32.2. The molecule has 1 aliphatic heterocycles. The fourth-order valence-corrected chi connectivity index (χ4v) is 4.42. The summed E-state index contributed by atoms with van der Waals surface area (Å²) in [4.78, 5) is 13.6. The molecule has 25 heavy (non-hydrogen) atoms. The first kappa shape index (κ1) is 19.3.